The van der Waals surface area contributed by atoms with Crippen molar-refractivity contribution in [2.45, 2.75) is 13.5 Å². The van der Waals surface area contributed by atoms with E-state index >= 15 is 0 Å². The number of methoxy groups -OCH3 is 1. The molecule has 0 spiro atoms. The van der Waals surface area contributed by atoms with Crippen LogP contribution in [0.2, 0.25) is 5.02 Å². The number of nitrogens with zero attached hydrogens (tertiary/aromatic N) is 4. The molecule has 0 saturated carbocycles. The van der Waals surface area contributed by atoms with Gasteiger partial charge in [0.05, 0.1) is 18.2 Å². The van der Waals surface area contributed by atoms with Gasteiger partial charge < -0.3 is 19.1 Å². The first-order chi connectivity index (χ1) is 17.8. The quantitative estimate of drug-likeness (QED) is 0.341. The monoisotopic (exact) mass is 519 g/mol. The number of nitrogens with one attached hydrogen (secondary N) is 1. The van der Waals surface area contributed by atoms with E-state index in [1.807, 2.05) is 0 Å². The normalized spacial score (nSPS) is 11.0. The first-order valence-electron chi connectivity index (χ1n) is 11.1. The fraction of sp³-hybridized carbons (Fsp3) is 0.115. The van der Waals surface area contributed by atoms with Gasteiger partial charge in [-0.3, -0.25) is 9.59 Å². The molecule has 9 nitrogen and oxygen atoms in total. The minimum atomic E-state index is -0.669. The smallest absolute Gasteiger partial charge is 0.263 e. The second kappa shape index (κ2) is 9.82. The summed E-state index contributed by atoms with van der Waals surface area (Å²) < 4.78 is 26.2. The fourth-order valence-corrected chi connectivity index (χ4v) is 3.92. The molecule has 5 rings (SSSR count). The third kappa shape index (κ3) is 4.91. The average molecular weight is 520 g/mol. The molecule has 1 N–H and O–H groups in total. The van der Waals surface area contributed by atoms with Gasteiger partial charge in [-0.05, 0) is 61.5 Å². The molecule has 11 heteroatoms. The highest BCUT2D eigenvalue weighted by Crippen LogP contribution is 2.24. The van der Waals surface area contributed by atoms with Crippen molar-refractivity contribution in [3.8, 4) is 28.6 Å². The largest absolute Gasteiger partial charge is 0.497 e. The van der Waals surface area contributed by atoms with Crippen molar-refractivity contribution < 1.29 is 18.4 Å². The van der Waals surface area contributed by atoms with Crippen LogP contribution in [0.25, 0.3) is 33.9 Å². The highest BCUT2D eigenvalue weighted by Gasteiger charge is 2.19. The standard InChI is InChI=1S/C26H19ClFN5O4/c1-14-3-9-18-23(35)19(26-31-24(32-37-26)15-4-7-17(36-2)8-5-15)12-33(25(18)29-14)13-22(34)30-21-10-6-16(27)11-20(21)28/h3-12H,13H2,1-2H3,(H,30,34). The lowest BCUT2D eigenvalue weighted by atomic mass is 10.1. The number of amides is 1. The molecule has 0 aliphatic heterocycles. The number of rotatable bonds is 6. The lowest BCUT2D eigenvalue weighted by molar-refractivity contribution is -0.116. The Morgan fingerprint density at radius 1 is 1.14 bits per heavy atom. The third-order valence-corrected chi connectivity index (χ3v) is 5.82. The van der Waals surface area contributed by atoms with Crippen LogP contribution in [0.1, 0.15) is 5.69 Å². The molecule has 0 atom stereocenters. The summed E-state index contributed by atoms with van der Waals surface area (Å²) in [4.78, 5) is 35.0. The highest BCUT2D eigenvalue weighted by molar-refractivity contribution is 6.30. The van der Waals surface area contributed by atoms with E-state index in [1.165, 1.54) is 22.9 Å². The molecule has 3 aromatic heterocycles. The van der Waals surface area contributed by atoms with Gasteiger partial charge in [-0.2, -0.15) is 4.98 Å². The maximum Gasteiger partial charge on any atom is 0.263 e. The molecule has 1 amide bonds. The molecule has 0 aliphatic carbocycles. The van der Waals surface area contributed by atoms with E-state index in [9.17, 15) is 14.0 Å². The van der Waals surface area contributed by atoms with E-state index in [1.54, 1.807) is 50.4 Å². The summed E-state index contributed by atoms with van der Waals surface area (Å²) in [7, 11) is 1.56. The van der Waals surface area contributed by atoms with Crippen LogP contribution in [0.3, 0.4) is 0 Å². The predicted octanol–water partition coefficient (Wildman–Crippen LogP) is 4.86. The first kappa shape index (κ1) is 24.1. The molecule has 0 fully saturated rings. The van der Waals surface area contributed by atoms with Crippen molar-refractivity contribution in [2.75, 3.05) is 12.4 Å². The lowest BCUT2D eigenvalue weighted by Gasteiger charge is -2.13. The number of carbonyl (C=O) groups is 1. The third-order valence-electron chi connectivity index (χ3n) is 5.58. The maximum absolute atomic E-state index is 14.2. The van der Waals surface area contributed by atoms with Crippen molar-refractivity contribution in [1.29, 1.82) is 0 Å². The van der Waals surface area contributed by atoms with Crippen LogP contribution >= 0.6 is 11.6 Å². The second-order valence-corrected chi connectivity index (χ2v) is 8.58. The van der Waals surface area contributed by atoms with Gasteiger partial charge in [0, 0.05) is 22.5 Å². The highest BCUT2D eigenvalue weighted by atomic mass is 35.5. The summed E-state index contributed by atoms with van der Waals surface area (Å²) in [5, 5.41) is 6.98. The topological polar surface area (TPSA) is 112 Å². The molecule has 0 unspecified atom stereocenters. The van der Waals surface area contributed by atoms with Crippen molar-refractivity contribution in [1.82, 2.24) is 19.7 Å². The molecule has 0 saturated heterocycles. The summed E-state index contributed by atoms with van der Waals surface area (Å²) in [6, 6.07) is 14.3. The Balaban J connectivity index is 1.53. The number of fused-ring (bicyclic) bond motifs is 1. The molecule has 0 radical (unpaired) electrons. The molecule has 0 aliphatic rings. The summed E-state index contributed by atoms with van der Waals surface area (Å²) in [6.45, 7) is 1.51. The van der Waals surface area contributed by atoms with Gasteiger partial charge in [0.15, 0.2) is 0 Å². The molecule has 186 valence electrons. The van der Waals surface area contributed by atoms with Gasteiger partial charge in [0.1, 0.15) is 29.3 Å². The number of ether oxygens (including phenoxy) is 1. The van der Waals surface area contributed by atoms with E-state index in [-0.39, 0.29) is 51.0 Å². The Morgan fingerprint density at radius 2 is 1.92 bits per heavy atom. The number of benzene rings is 2. The van der Waals surface area contributed by atoms with Crippen LogP contribution in [-0.2, 0) is 11.3 Å². The Labute approximate surface area is 214 Å². The van der Waals surface area contributed by atoms with Crippen LogP contribution in [0.15, 0.2) is 70.1 Å². The number of hydrogen-bond donors (Lipinski definition) is 1. The molecule has 0 bridgehead atoms. The number of anilines is 1. The molecule has 2 aromatic carbocycles. The summed E-state index contributed by atoms with van der Waals surface area (Å²) in [5.74, 6) is -0.274. The van der Waals surface area contributed by atoms with Gasteiger partial charge in [0.25, 0.3) is 5.89 Å². The zero-order valence-electron chi connectivity index (χ0n) is 19.7. The molecule has 3 heterocycles. The molecular formula is C26H19ClFN5O4. The second-order valence-electron chi connectivity index (χ2n) is 8.15. The first-order valence-corrected chi connectivity index (χ1v) is 11.4. The lowest BCUT2D eigenvalue weighted by Crippen LogP contribution is -2.22. The average Bonchev–Trinajstić information content (AvgIpc) is 3.37. The zero-order valence-corrected chi connectivity index (χ0v) is 20.4. The SMILES string of the molecule is COc1ccc(-c2noc(-c3cn(CC(=O)Nc4ccc(Cl)cc4F)c4nc(C)ccc4c3=O)n2)cc1. The van der Waals surface area contributed by atoms with Crippen molar-refractivity contribution >= 4 is 34.2 Å². The van der Waals surface area contributed by atoms with Crippen LogP contribution in [0, 0.1) is 12.7 Å². The Morgan fingerprint density at radius 3 is 2.65 bits per heavy atom. The van der Waals surface area contributed by atoms with Crippen molar-refractivity contribution in [3.05, 3.63) is 87.6 Å². The van der Waals surface area contributed by atoms with Gasteiger partial charge in [0.2, 0.25) is 17.2 Å². The van der Waals surface area contributed by atoms with E-state index < -0.39 is 11.7 Å². The molecular weight excluding hydrogens is 501 g/mol. The van der Waals surface area contributed by atoms with E-state index in [0.717, 1.165) is 6.07 Å². The van der Waals surface area contributed by atoms with Gasteiger partial charge in [-0.15, -0.1) is 0 Å². The van der Waals surface area contributed by atoms with Crippen molar-refractivity contribution in [2.24, 2.45) is 0 Å². The number of carbonyl (C=O) groups excluding carboxylic acids is 1. The Kier molecular flexibility index (Phi) is 6.41. The molecule has 5 aromatic rings. The van der Waals surface area contributed by atoms with Crippen LogP contribution in [0.4, 0.5) is 10.1 Å². The van der Waals surface area contributed by atoms with E-state index in [4.69, 9.17) is 20.9 Å². The maximum atomic E-state index is 14.2. The summed E-state index contributed by atoms with van der Waals surface area (Å²) in [5.41, 5.74) is 1.29. The number of pyridine rings is 2. The Bertz CT molecular complexity index is 1700. The number of halogens is 2. The number of aryl methyl sites for hydroxylation is 1. The summed E-state index contributed by atoms with van der Waals surface area (Å²) in [6.07, 6.45) is 1.43. The van der Waals surface area contributed by atoms with Gasteiger partial charge >= 0.3 is 0 Å². The Hall–Kier alpha value is -4.57. The van der Waals surface area contributed by atoms with E-state index in [0.29, 0.717) is 17.0 Å². The predicted molar refractivity (Wildman–Crippen MR) is 136 cm³/mol. The van der Waals surface area contributed by atoms with Crippen LogP contribution < -0.4 is 15.5 Å². The fourth-order valence-electron chi connectivity index (χ4n) is 3.76. The summed E-state index contributed by atoms with van der Waals surface area (Å²) >= 11 is 5.79. The number of aromatic nitrogens is 4. The minimum absolute atomic E-state index is 0.0174. The van der Waals surface area contributed by atoms with Crippen LogP contribution in [0.5, 0.6) is 5.75 Å². The number of hydrogen-bond acceptors (Lipinski definition) is 7. The van der Waals surface area contributed by atoms with Crippen LogP contribution in [-0.4, -0.2) is 32.7 Å². The van der Waals surface area contributed by atoms with Gasteiger partial charge in [-0.1, -0.05) is 16.8 Å². The van der Waals surface area contributed by atoms with Gasteiger partial charge in [-0.25, -0.2) is 9.37 Å². The van der Waals surface area contributed by atoms with Crippen molar-refractivity contribution in [3.63, 3.8) is 0 Å². The van der Waals surface area contributed by atoms with E-state index in [2.05, 4.69) is 20.4 Å². The zero-order chi connectivity index (χ0) is 26.1. The minimum Gasteiger partial charge on any atom is -0.497 e. The molecule has 37 heavy (non-hydrogen) atoms.